The number of allylic oxidation sites excluding steroid dienone is 1. The first-order valence-electron chi connectivity index (χ1n) is 12.0. The Bertz CT molecular complexity index is 1120. The summed E-state index contributed by atoms with van der Waals surface area (Å²) < 4.78 is 17.3. The number of furan rings is 1. The third kappa shape index (κ3) is 5.41. The van der Waals surface area contributed by atoms with Gasteiger partial charge >= 0.3 is 0 Å². The van der Waals surface area contributed by atoms with E-state index in [-0.39, 0.29) is 11.9 Å². The fraction of sp³-hybridized carbons (Fsp3) is 0.393. The SMILES string of the molecule is CCOc1ccc(-c2coc3cc(OCC)c(/C(C)=C/C(=O)NC4CCCCC4)cc23)cc1. The minimum absolute atomic E-state index is 0.0409. The van der Waals surface area contributed by atoms with Crippen LogP contribution in [0, 0.1) is 0 Å². The van der Waals surface area contributed by atoms with Crippen LogP contribution in [-0.2, 0) is 4.79 Å². The molecule has 0 saturated heterocycles. The van der Waals surface area contributed by atoms with Crippen LogP contribution in [0.5, 0.6) is 11.5 Å². The van der Waals surface area contributed by atoms with Gasteiger partial charge in [0, 0.05) is 34.7 Å². The summed E-state index contributed by atoms with van der Waals surface area (Å²) in [6.07, 6.45) is 9.23. The second kappa shape index (κ2) is 10.6. The second-order valence-corrected chi connectivity index (χ2v) is 8.56. The molecule has 1 N–H and O–H groups in total. The summed E-state index contributed by atoms with van der Waals surface area (Å²) in [6, 6.07) is 12.3. The lowest BCUT2D eigenvalue weighted by Gasteiger charge is -2.22. The highest BCUT2D eigenvalue weighted by Gasteiger charge is 2.17. The van der Waals surface area contributed by atoms with E-state index < -0.39 is 0 Å². The highest BCUT2D eigenvalue weighted by atomic mass is 16.5. The molecule has 5 nitrogen and oxygen atoms in total. The van der Waals surface area contributed by atoms with Crippen molar-refractivity contribution in [1.29, 1.82) is 0 Å². The van der Waals surface area contributed by atoms with Crippen molar-refractivity contribution in [3.05, 3.63) is 54.3 Å². The summed E-state index contributed by atoms with van der Waals surface area (Å²) in [6.45, 7) is 7.06. The Morgan fingerprint density at radius 2 is 1.79 bits per heavy atom. The summed E-state index contributed by atoms with van der Waals surface area (Å²) in [5, 5.41) is 4.15. The van der Waals surface area contributed by atoms with Gasteiger partial charge in [-0.15, -0.1) is 0 Å². The van der Waals surface area contributed by atoms with Crippen LogP contribution in [-0.4, -0.2) is 25.2 Å². The molecule has 1 aliphatic rings. The molecule has 1 heterocycles. The predicted molar refractivity (Wildman–Crippen MR) is 133 cm³/mol. The molecule has 1 amide bonds. The molecule has 1 fully saturated rings. The standard InChI is InChI=1S/C28H33NO4/c1-4-31-22-13-11-20(12-14-22)25-18-33-27-17-26(32-5-2)23(16-24(25)27)19(3)15-28(30)29-21-9-7-6-8-10-21/h11-18,21H,4-10H2,1-3H3,(H,29,30)/b19-15+. The van der Waals surface area contributed by atoms with Crippen LogP contribution in [0.25, 0.3) is 27.7 Å². The van der Waals surface area contributed by atoms with Crippen molar-refractivity contribution in [3.8, 4) is 22.6 Å². The van der Waals surface area contributed by atoms with E-state index >= 15 is 0 Å². The number of hydrogen-bond acceptors (Lipinski definition) is 4. The molecule has 0 radical (unpaired) electrons. The lowest BCUT2D eigenvalue weighted by Crippen LogP contribution is -2.35. The smallest absolute Gasteiger partial charge is 0.244 e. The average molecular weight is 448 g/mol. The van der Waals surface area contributed by atoms with Gasteiger partial charge in [0.2, 0.25) is 5.91 Å². The molecule has 33 heavy (non-hydrogen) atoms. The van der Waals surface area contributed by atoms with E-state index in [0.717, 1.165) is 57.6 Å². The summed E-state index contributed by atoms with van der Waals surface area (Å²) in [4.78, 5) is 12.7. The van der Waals surface area contributed by atoms with Crippen molar-refractivity contribution in [2.45, 2.75) is 58.9 Å². The molecule has 0 aliphatic heterocycles. The lowest BCUT2D eigenvalue weighted by atomic mass is 9.95. The monoisotopic (exact) mass is 447 g/mol. The Balaban J connectivity index is 1.66. The Kier molecular flexibility index (Phi) is 7.38. The van der Waals surface area contributed by atoms with Crippen molar-refractivity contribution in [2.75, 3.05) is 13.2 Å². The zero-order chi connectivity index (χ0) is 23.2. The van der Waals surface area contributed by atoms with Gasteiger partial charge in [-0.05, 0) is 62.9 Å². The first kappa shape index (κ1) is 23.0. The first-order chi connectivity index (χ1) is 16.1. The third-order valence-electron chi connectivity index (χ3n) is 6.18. The zero-order valence-electron chi connectivity index (χ0n) is 19.8. The van der Waals surface area contributed by atoms with Crippen molar-refractivity contribution < 1.29 is 18.7 Å². The maximum atomic E-state index is 12.7. The van der Waals surface area contributed by atoms with Crippen LogP contribution < -0.4 is 14.8 Å². The van der Waals surface area contributed by atoms with E-state index in [4.69, 9.17) is 13.9 Å². The number of amides is 1. The van der Waals surface area contributed by atoms with Gasteiger partial charge in [-0.2, -0.15) is 0 Å². The minimum atomic E-state index is -0.0409. The van der Waals surface area contributed by atoms with E-state index in [2.05, 4.69) is 11.4 Å². The molecule has 3 aromatic rings. The fourth-order valence-corrected chi connectivity index (χ4v) is 4.52. The van der Waals surface area contributed by atoms with E-state index in [9.17, 15) is 4.79 Å². The molecule has 174 valence electrons. The lowest BCUT2D eigenvalue weighted by molar-refractivity contribution is -0.117. The van der Waals surface area contributed by atoms with Crippen LogP contribution >= 0.6 is 0 Å². The molecule has 4 rings (SSSR count). The highest BCUT2D eigenvalue weighted by Crippen LogP contribution is 2.38. The third-order valence-corrected chi connectivity index (χ3v) is 6.18. The second-order valence-electron chi connectivity index (χ2n) is 8.56. The molecule has 1 saturated carbocycles. The molecule has 0 atom stereocenters. The molecule has 2 aromatic carbocycles. The van der Waals surface area contributed by atoms with Crippen LogP contribution in [0.1, 0.15) is 58.4 Å². The Morgan fingerprint density at radius 3 is 2.48 bits per heavy atom. The normalized spacial score (nSPS) is 14.9. The van der Waals surface area contributed by atoms with Crippen LogP contribution in [0.2, 0.25) is 0 Å². The quantitative estimate of drug-likeness (QED) is 0.388. The molecule has 0 unspecified atom stereocenters. The van der Waals surface area contributed by atoms with Crippen molar-refractivity contribution in [3.63, 3.8) is 0 Å². The van der Waals surface area contributed by atoms with E-state index in [1.54, 1.807) is 12.3 Å². The van der Waals surface area contributed by atoms with Gasteiger partial charge in [-0.3, -0.25) is 4.79 Å². The molecule has 5 heteroatoms. The molecular weight excluding hydrogens is 414 g/mol. The van der Waals surface area contributed by atoms with Gasteiger partial charge in [0.05, 0.1) is 19.5 Å². The van der Waals surface area contributed by atoms with Crippen molar-refractivity contribution >= 4 is 22.4 Å². The number of rotatable bonds is 8. The largest absolute Gasteiger partial charge is 0.494 e. The Hall–Kier alpha value is -3.21. The number of hydrogen-bond donors (Lipinski definition) is 1. The molecular formula is C28H33NO4. The summed E-state index contributed by atoms with van der Waals surface area (Å²) in [5.41, 5.74) is 4.57. The van der Waals surface area contributed by atoms with E-state index in [0.29, 0.717) is 13.2 Å². The number of nitrogens with one attached hydrogen (secondary N) is 1. The van der Waals surface area contributed by atoms with Crippen molar-refractivity contribution in [1.82, 2.24) is 5.32 Å². The maximum Gasteiger partial charge on any atom is 0.244 e. The fourth-order valence-electron chi connectivity index (χ4n) is 4.52. The topological polar surface area (TPSA) is 60.7 Å². The average Bonchev–Trinajstić information content (AvgIpc) is 3.23. The van der Waals surface area contributed by atoms with E-state index in [1.165, 1.54) is 19.3 Å². The summed E-state index contributed by atoms with van der Waals surface area (Å²) in [5.74, 6) is 1.52. The number of benzene rings is 2. The Labute approximate surface area is 195 Å². The molecule has 0 spiro atoms. The zero-order valence-corrected chi connectivity index (χ0v) is 19.8. The number of ether oxygens (including phenoxy) is 2. The van der Waals surface area contributed by atoms with Crippen molar-refractivity contribution in [2.24, 2.45) is 0 Å². The number of fused-ring (bicyclic) bond motifs is 1. The summed E-state index contributed by atoms with van der Waals surface area (Å²) in [7, 11) is 0. The number of carbonyl (C=O) groups excluding carboxylic acids is 1. The molecule has 0 bridgehead atoms. The predicted octanol–water partition coefficient (Wildman–Crippen LogP) is 6.75. The number of carbonyl (C=O) groups is 1. The molecule has 1 aliphatic carbocycles. The van der Waals surface area contributed by atoms with Gasteiger partial charge in [0.1, 0.15) is 17.1 Å². The minimum Gasteiger partial charge on any atom is -0.494 e. The maximum absolute atomic E-state index is 12.7. The van der Waals surface area contributed by atoms with Crippen LogP contribution in [0.4, 0.5) is 0 Å². The summed E-state index contributed by atoms with van der Waals surface area (Å²) >= 11 is 0. The van der Waals surface area contributed by atoms with Crippen LogP contribution in [0.3, 0.4) is 0 Å². The first-order valence-corrected chi connectivity index (χ1v) is 12.0. The van der Waals surface area contributed by atoms with Gasteiger partial charge in [0.15, 0.2) is 0 Å². The highest BCUT2D eigenvalue weighted by molar-refractivity contribution is 6.00. The van der Waals surface area contributed by atoms with Gasteiger partial charge in [-0.25, -0.2) is 0 Å². The molecule has 1 aromatic heterocycles. The van der Waals surface area contributed by atoms with Gasteiger partial charge < -0.3 is 19.2 Å². The van der Waals surface area contributed by atoms with Crippen LogP contribution in [0.15, 0.2) is 53.2 Å². The van der Waals surface area contributed by atoms with E-state index in [1.807, 2.05) is 51.1 Å². The Morgan fingerprint density at radius 1 is 1.06 bits per heavy atom. The van der Waals surface area contributed by atoms with Gasteiger partial charge in [0.25, 0.3) is 0 Å². The van der Waals surface area contributed by atoms with Gasteiger partial charge in [-0.1, -0.05) is 31.4 Å².